The van der Waals surface area contributed by atoms with Gasteiger partial charge in [0.25, 0.3) is 0 Å². The van der Waals surface area contributed by atoms with E-state index in [1.165, 1.54) is 19.1 Å². The van der Waals surface area contributed by atoms with Crippen LogP contribution in [0.4, 0.5) is 14.6 Å². The summed E-state index contributed by atoms with van der Waals surface area (Å²) in [5.41, 5.74) is 5.01. The van der Waals surface area contributed by atoms with Crippen LogP contribution >= 0.6 is 7.75 Å². The lowest BCUT2D eigenvalue weighted by molar-refractivity contribution is -0.146. The molecule has 40 heavy (non-hydrogen) atoms. The predicted molar refractivity (Wildman–Crippen MR) is 137 cm³/mol. The molecule has 0 aliphatic carbocycles. The van der Waals surface area contributed by atoms with Gasteiger partial charge in [0.2, 0.25) is 6.23 Å². The number of carbonyl (C=O) groups is 1. The van der Waals surface area contributed by atoms with Gasteiger partial charge in [-0.15, -0.1) is 0 Å². The van der Waals surface area contributed by atoms with Crippen molar-refractivity contribution < 1.29 is 41.8 Å². The van der Waals surface area contributed by atoms with Crippen molar-refractivity contribution in [2.75, 3.05) is 12.3 Å². The van der Waals surface area contributed by atoms with Crippen molar-refractivity contribution in [3.63, 3.8) is 0 Å². The summed E-state index contributed by atoms with van der Waals surface area (Å²) in [5.74, 6) is -4.85. The quantitative estimate of drug-likeness (QED) is 0.226. The molecule has 0 amide bonds. The first kappa shape index (κ1) is 29.3. The van der Waals surface area contributed by atoms with Crippen molar-refractivity contribution in [1.82, 2.24) is 14.6 Å². The molecule has 1 aromatic heterocycles. The number of aliphatic hydroxyl groups is 1. The van der Waals surface area contributed by atoms with Crippen LogP contribution in [-0.4, -0.2) is 51.4 Å². The molecule has 1 aliphatic heterocycles. The fourth-order valence-corrected chi connectivity index (χ4v) is 5.24. The number of nitrogens with zero attached hydrogens (tertiary/aromatic N) is 2. The molecule has 0 radical (unpaired) electrons. The van der Waals surface area contributed by atoms with Gasteiger partial charge in [-0.1, -0.05) is 48.5 Å². The number of benzene rings is 2. The summed E-state index contributed by atoms with van der Waals surface area (Å²) >= 11 is 0. The van der Waals surface area contributed by atoms with E-state index in [4.69, 9.17) is 24.3 Å². The zero-order valence-corrected chi connectivity index (χ0v) is 22.0. The van der Waals surface area contributed by atoms with E-state index in [1.54, 1.807) is 48.5 Å². The van der Waals surface area contributed by atoms with E-state index >= 15 is 0 Å². The molecule has 0 saturated carbocycles. The molecule has 1 saturated heterocycles. The van der Waals surface area contributed by atoms with E-state index in [2.05, 4.69) is 10.1 Å². The van der Waals surface area contributed by atoms with Crippen LogP contribution in [0.1, 0.15) is 18.7 Å². The Balaban J connectivity index is 1.47. The highest BCUT2D eigenvalue weighted by Crippen LogP contribution is 2.48. The van der Waals surface area contributed by atoms with Gasteiger partial charge in [0.05, 0.1) is 6.61 Å². The van der Waals surface area contributed by atoms with Crippen LogP contribution < -0.4 is 21.0 Å². The fraction of sp³-hybridized carbons (Fsp3) is 0.320. The molecular weight excluding hydrogens is 553 g/mol. The molecule has 4 N–H and O–H groups in total. The highest BCUT2D eigenvalue weighted by Gasteiger charge is 2.60. The van der Waals surface area contributed by atoms with E-state index in [-0.39, 0.29) is 18.2 Å². The van der Waals surface area contributed by atoms with Crippen molar-refractivity contribution in [3.05, 3.63) is 89.0 Å². The third-order valence-electron chi connectivity index (χ3n) is 5.79. The van der Waals surface area contributed by atoms with Gasteiger partial charge in [0.15, 0.2) is 6.10 Å². The van der Waals surface area contributed by atoms with E-state index in [9.17, 15) is 28.0 Å². The maximum Gasteiger partial charge on any atom is 0.459 e. The molecule has 2 unspecified atom stereocenters. The molecule has 5 atom stereocenters. The number of para-hydroxylation sites is 1. The topological polar surface area (TPSA) is 164 Å². The molecule has 214 valence electrons. The lowest BCUT2D eigenvalue weighted by Gasteiger charge is -2.24. The Bertz CT molecular complexity index is 1410. The number of hydrogen-bond acceptors (Lipinski definition) is 10. The summed E-state index contributed by atoms with van der Waals surface area (Å²) in [7, 11) is -4.46. The van der Waals surface area contributed by atoms with Gasteiger partial charge in [-0.25, -0.2) is 9.36 Å². The zero-order chi connectivity index (χ0) is 28.9. The van der Waals surface area contributed by atoms with Crippen LogP contribution in [0.2, 0.25) is 0 Å². The van der Waals surface area contributed by atoms with Crippen molar-refractivity contribution >= 4 is 19.5 Å². The summed E-state index contributed by atoms with van der Waals surface area (Å²) in [5, 5.41) is 12.7. The lowest BCUT2D eigenvalue weighted by atomic mass is 10.1. The van der Waals surface area contributed by atoms with Gasteiger partial charge in [-0.3, -0.25) is 13.9 Å². The summed E-state index contributed by atoms with van der Waals surface area (Å²) in [4.78, 5) is 28.1. The van der Waals surface area contributed by atoms with Crippen molar-refractivity contribution in [2.24, 2.45) is 0 Å². The number of carbonyl (C=O) groups excluding carboxylic acids is 1. The van der Waals surface area contributed by atoms with Gasteiger partial charge in [0, 0.05) is 6.20 Å². The highest BCUT2D eigenvalue weighted by molar-refractivity contribution is 7.52. The molecule has 15 heteroatoms. The van der Waals surface area contributed by atoms with Crippen LogP contribution in [-0.2, 0) is 30.0 Å². The van der Waals surface area contributed by atoms with Crippen molar-refractivity contribution in [1.29, 1.82) is 0 Å². The Kier molecular flexibility index (Phi) is 8.96. The summed E-state index contributed by atoms with van der Waals surface area (Å²) in [6.45, 7) is 0.435. The number of nitrogen functional groups attached to an aromatic ring is 1. The number of alkyl halides is 2. The van der Waals surface area contributed by atoms with E-state index in [0.29, 0.717) is 4.57 Å². The molecule has 0 bridgehead atoms. The lowest BCUT2D eigenvalue weighted by Crippen LogP contribution is -2.42. The summed E-state index contributed by atoms with van der Waals surface area (Å²) < 4.78 is 65.3. The molecule has 1 fully saturated rings. The summed E-state index contributed by atoms with van der Waals surface area (Å²) in [6.07, 6.45) is -5.50. The SMILES string of the molecule is CC(NP(=O)(OC[C@H]1O[C@@H](n2ccc(N)nc2=O)C(F)(F)[C@@H]1O)Oc1ccccc1)C(=O)OCc1ccccc1. The Morgan fingerprint density at radius 2 is 1.85 bits per heavy atom. The number of anilines is 1. The van der Waals surface area contributed by atoms with Crippen LogP contribution in [0, 0.1) is 0 Å². The van der Waals surface area contributed by atoms with Crippen LogP contribution in [0.15, 0.2) is 77.7 Å². The number of aliphatic hydroxyl groups excluding tert-OH is 1. The number of nitrogens with two attached hydrogens (primary N) is 1. The molecule has 3 aromatic rings. The maximum absolute atomic E-state index is 14.9. The second kappa shape index (κ2) is 12.2. The smallest absolute Gasteiger partial charge is 0.459 e. The standard InChI is InChI=1S/C25H27F2N4O8P/c1-16(22(33)36-14-17-8-4-2-5-9-17)30-40(35,39-18-10-6-3-7-11-18)37-15-19-21(32)25(26,27)23(38-19)31-13-12-20(28)29-24(31)34/h2-13,16,19,21,23,32H,14-15H2,1H3,(H,30,35)(H2,28,29,34)/t16?,19-,21-,23-,40?/m1/s1. The van der Waals surface area contributed by atoms with Crippen LogP contribution in [0.5, 0.6) is 5.75 Å². The van der Waals surface area contributed by atoms with Crippen molar-refractivity contribution in [2.45, 2.75) is 43.9 Å². The van der Waals surface area contributed by atoms with Gasteiger partial charge in [-0.05, 0) is 30.7 Å². The van der Waals surface area contributed by atoms with E-state index in [0.717, 1.165) is 17.8 Å². The van der Waals surface area contributed by atoms with Gasteiger partial charge in [-0.2, -0.15) is 18.9 Å². The van der Waals surface area contributed by atoms with E-state index < -0.39 is 56.4 Å². The number of hydrogen-bond donors (Lipinski definition) is 3. The first-order chi connectivity index (χ1) is 19.0. The van der Waals surface area contributed by atoms with Gasteiger partial charge >= 0.3 is 25.3 Å². The second-order valence-corrected chi connectivity index (χ2v) is 10.5. The first-order valence-electron chi connectivity index (χ1n) is 12.0. The molecule has 2 heterocycles. The molecular formula is C25H27F2N4O8P. The van der Waals surface area contributed by atoms with Gasteiger partial charge in [0.1, 0.15) is 30.3 Å². The number of ether oxygens (including phenoxy) is 2. The first-order valence-corrected chi connectivity index (χ1v) is 13.6. The minimum atomic E-state index is -4.46. The van der Waals surface area contributed by atoms with Gasteiger partial charge < -0.3 is 24.8 Å². The third-order valence-corrected chi connectivity index (χ3v) is 7.43. The molecule has 0 spiro atoms. The number of aromatic nitrogens is 2. The Morgan fingerprint density at radius 3 is 2.50 bits per heavy atom. The normalized spacial score (nSPS) is 22.2. The molecule has 4 rings (SSSR count). The average Bonchev–Trinajstić information content (AvgIpc) is 3.15. The van der Waals surface area contributed by atoms with E-state index in [1.807, 2.05) is 0 Å². The Morgan fingerprint density at radius 1 is 1.20 bits per heavy atom. The second-order valence-electron chi connectivity index (χ2n) is 8.83. The Hall–Kier alpha value is -3.68. The maximum atomic E-state index is 14.9. The van der Waals surface area contributed by atoms with Crippen LogP contribution in [0.25, 0.3) is 0 Å². The third kappa shape index (κ3) is 6.90. The monoisotopic (exact) mass is 580 g/mol. The summed E-state index contributed by atoms with van der Waals surface area (Å²) in [6, 6.07) is 16.5. The highest BCUT2D eigenvalue weighted by atomic mass is 31.2. The van der Waals surface area contributed by atoms with Crippen molar-refractivity contribution in [3.8, 4) is 5.75 Å². The minimum Gasteiger partial charge on any atom is -0.460 e. The fourth-order valence-electron chi connectivity index (χ4n) is 3.74. The molecule has 2 aromatic carbocycles. The minimum absolute atomic E-state index is 0.0473. The largest absolute Gasteiger partial charge is 0.460 e. The molecule has 12 nitrogen and oxygen atoms in total. The Labute approximate surface area is 227 Å². The number of nitrogens with one attached hydrogen (secondary N) is 1. The predicted octanol–water partition coefficient (Wildman–Crippen LogP) is 2.64. The number of rotatable bonds is 11. The number of esters is 1. The number of halogens is 2. The zero-order valence-electron chi connectivity index (χ0n) is 21.1. The average molecular weight is 580 g/mol. The van der Waals surface area contributed by atoms with Crippen LogP contribution in [0.3, 0.4) is 0 Å². The molecule has 1 aliphatic rings.